The van der Waals surface area contributed by atoms with Gasteiger partial charge in [0.25, 0.3) is 0 Å². The van der Waals surface area contributed by atoms with Gasteiger partial charge < -0.3 is 24.5 Å². The summed E-state index contributed by atoms with van der Waals surface area (Å²) in [5.74, 6) is 0. The number of ether oxygens (including phenoxy) is 2. The summed E-state index contributed by atoms with van der Waals surface area (Å²) >= 11 is 1.41. The highest BCUT2D eigenvalue weighted by Crippen LogP contribution is 2.43. The molecule has 1 aliphatic heterocycles. The van der Waals surface area contributed by atoms with E-state index < -0.39 is 17.3 Å². The molecule has 2 heterocycles. The molecule has 0 atom stereocenters. The van der Waals surface area contributed by atoms with Gasteiger partial charge in [-0.1, -0.05) is 18.2 Å². The van der Waals surface area contributed by atoms with Crippen molar-refractivity contribution in [3.63, 3.8) is 0 Å². The number of amides is 1. The van der Waals surface area contributed by atoms with Crippen LogP contribution in [0, 0.1) is 0 Å². The standard InChI is InChI=1S/C26H36N4O4S/c1-24(2,3)33-23(32)29-22-28-21(17-35-22)9-14-30-15-12-25(13-16-30,34-26(19-31)10-11-26)18-27-20-7-5-4-6-8-20/h4-8,17,19,27H,9-16,18H2,1-3H3,(H,28,29,32). The van der Waals surface area contributed by atoms with Crippen molar-refractivity contribution in [1.82, 2.24) is 9.88 Å². The predicted octanol–water partition coefficient (Wildman–Crippen LogP) is 4.73. The van der Waals surface area contributed by atoms with Crippen molar-refractivity contribution in [3.8, 4) is 0 Å². The highest BCUT2D eigenvalue weighted by atomic mass is 32.1. The van der Waals surface area contributed by atoms with E-state index >= 15 is 0 Å². The average molecular weight is 501 g/mol. The first-order valence-corrected chi connectivity index (χ1v) is 13.2. The molecule has 1 amide bonds. The summed E-state index contributed by atoms with van der Waals surface area (Å²) in [6.45, 7) is 8.87. The Balaban J connectivity index is 1.28. The van der Waals surface area contributed by atoms with Gasteiger partial charge in [-0.15, -0.1) is 11.3 Å². The summed E-state index contributed by atoms with van der Waals surface area (Å²) in [6, 6.07) is 10.1. The molecule has 1 aliphatic carbocycles. The van der Waals surface area contributed by atoms with Crippen molar-refractivity contribution in [1.29, 1.82) is 0 Å². The van der Waals surface area contributed by atoms with Crippen LogP contribution < -0.4 is 10.6 Å². The quantitative estimate of drug-likeness (QED) is 0.456. The van der Waals surface area contributed by atoms with Gasteiger partial charge in [-0.2, -0.15) is 0 Å². The number of thiazole rings is 1. The fraction of sp³-hybridized carbons (Fsp3) is 0.577. The van der Waals surface area contributed by atoms with Crippen LogP contribution in [0.3, 0.4) is 0 Å². The second-order valence-corrected chi connectivity index (χ2v) is 11.4. The number of benzene rings is 1. The summed E-state index contributed by atoms with van der Waals surface area (Å²) in [5.41, 5.74) is 0.540. The van der Waals surface area contributed by atoms with Gasteiger partial charge in [0.05, 0.1) is 11.3 Å². The van der Waals surface area contributed by atoms with E-state index in [9.17, 15) is 9.59 Å². The molecule has 1 saturated heterocycles. The van der Waals surface area contributed by atoms with Gasteiger partial charge in [-0.05, 0) is 58.6 Å². The van der Waals surface area contributed by atoms with Crippen LogP contribution in [0.15, 0.2) is 35.7 Å². The molecule has 2 aliphatic rings. The first-order chi connectivity index (χ1) is 16.7. The minimum absolute atomic E-state index is 0.352. The number of nitrogens with one attached hydrogen (secondary N) is 2. The molecule has 9 heteroatoms. The summed E-state index contributed by atoms with van der Waals surface area (Å²) in [4.78, 5) is 30.6. The fourth-order valence-corrected chi connectivity index (χ4v) is 4.99. The zero-order valence-corrected chi connectivity index (χ0v) is 21.7. The number of carbonyl (C=O) groups excluding carboxylic acids is 2. The number of hydrogen-bond acceptors (Lipinski definition) is 8. The van der Waals surface area contributed by atoms with Gasteiger partial charge in [0.15, 0.2) is 11.4 Å². The SMILES string of the molecule is CC(C)(C)OC(=O)Nc1nc(CCN2CCC(CNc3ccccc3)(OC3(C=O)CC3)CC2)cs1. The number of nitrogens with zero attached hydrogens (tertiary/aromatic N) is 2. The largest absolute Gasteiger partial charge is 0.444 e. The molecule has 8 nitrogen and oxygen atoms in total. The third-order valence-corrected chi connectivity index (χ3v) is 7.18. The van der Waals surface area contributed by atoms with E-state index in [2.05, 4.69) is 32.7 Å². The van der Waals surface area contributed by atoms with Gasteiger partial charge in [0.2, 0.25) is 0 Å². The first-order valence-electron chi connectivity index (χ1n) is 12.3. The Kier molecular flexibility index (Phi) is 7.78. The van der Waals surface area contributed by atoms with E-state index in [4.69, 9.17) is 9.47 Å². The van der Waals surface area contributed by atoms with Crippen LogP contribution in [0.4, 0.5) is 15.6 Å². The Morgan fingerprint density at radius 2 is 1.89 bits per heavy atom. The van der Waals surface area contributed by atoms with Gasteiger partial charge in [0, 0.05) is 43.7 Å². The maximum Gasteiger partial charge on any atom is 0.413 e. The second kappa shape index (κ2) is 10.6. The lowest BCUT2D eigenvalue weighted by atomic mass is 9.90. The van der Waals surface area contributed by atoms with E-state index in [1.807, 2.05) is 44.4 Å². The lowest BCUT2D eigenvalue weighted by Gasteiger charge is -2.43. The topological polar surface area (TPSA) is 92.8 Å². The Bertz CT molecular complexity index is 992. The van der Waals surface area contributed by atoms with Crippen LogP contribution >= 0.6 is 11.3 Å². The monoisotopic (exact) mass is 500 g/mol. The molecule has 4 rings (SSSR count). The summed E-state index contributed by atoms with van der Waals surface area (Å²) in [5, 5.41) is 8.76. The molecule has 1 aromatic heterocycles. The number of carbonyl (C=O) groups is 2. The number of para-hydroxylation sites is 1. The Labute approximate surface area is 211 Å². The molecule has 0 bridgehead atoms. The molecule has 35 heavy (non-hydrogen) atoms. The highest BCUT2D eigenvalue weighted by Gasteiger charge is 2.51. The Morgan fingerprint density at radius 1 is 1.17 bits per heavy atom. The number of likely N-dealkylation sites (tertiary alicyclic amines) is 1. The van der Waals surface area contributed by atoms with Crippen LogP contribution in [0.1, 0.15) is 52.1 Å². The van der Waals surface area contributed by atoms with E-state index in [1.165, 1.54) is 11.3 Å². The van der Waals surface area contributed by atoms with Crippen LogP contribution in [0.5, 0.6) is 0 Å². The maximum absolute atomic E-state index is 12.0. The van der Waals surface area contributed by atoms with Crippen molar-refractivity contribution in [2.24, 2.45) is 0 Å². The minimum Gasteiger partial charge on any atom is -0.444 e. The minimum atomic E-state index is -0.585. The maximum atomic E-state index is 12.0. The number of aromatic nitrogens is 1. The number of piperidine rings is 1. The molecule has 0 spiro atoms. The number of hydrogen-bond donors (Lipinski definition) is 2. The van der Waals surface area contributed by atoms with E-state index in [0.29, 0.717) is 11.7 Å². The number of anilines is 2. The van der Waals surface area contributed by atoms with Crippen molar-refractivity contribution >= 4 is 34.5 Å². The van der Waals surface area contributed by atoms with E-state index in [0.717, 1.165) is 69.4 Å². The zero-order chi connectivity index (χ0) is 24.9. The van der Waals surface area contributed by atoms with E-state index in [-0.39, 0.29) is 5.60 Å². The van der Waals surface area contributed by atoms with Gasteiger partial charge in [0.1, 0.15) is 11.2 Å². The molecule has 2 fully saturated rings. The van der Waals surface area contributed by atoms with Gasteiger partial charge in [-0.3, -0.25) is 5.32 Å². The fourth-order valence-electron chi connectivity index (χ4n) is 4.26. The van der Waals surface area contributed by atoms with Crippen LogP contribution in [-0.4, -0.2) is 65.2 Å². The lowest BCUT2D eigenvalue weighted by molar-refractivity contribution is -0.147. The predicted molar refractivity (Wildman–Crippen MR) is 138 cm³/mol. The van der Waals surface area contributed by atoms with Gasteiger partial charge >= 0.3 is 6.09 Å². The third-order valence-electron chi connectivity index (χ3n) is 6.38. The van der Waals surface area contributed by atoms with Crippen LogP contribution in [-0.2, 0) is 20.7 Å². The average Bonchev–Trinajstić information content (AvgIpc) is 3.45. The second-order valence-electron chi connectivity index (χ2n) is 10.5. The summed E-state index contributed by atoms with van der Waals surface area (Å²) < 4.78 is 11.8. The van der Waals surface area contributed by atoms with Crippen molar-refractivity contribution in [2.45, 2.75) is 69.7 Å². The van der Waals surface area contributed by atoms with E-state index in [1.54, 1.807) is 0 Å². The molecule has 0 radical (unpaired) electrons. The zero-order valence-electron chi connectivity index (χ0n) is 20.8. The summed E-state index contributed by atoms with van der Waals surface area (Å²) in [7, 11) is 0. The van der Waals surface area contributed by atoms with Crippen LogP contribution in [0.2, 0.25) is 0 Å². The molecular formula is C26H36N4O4S. The molecule has 190 valence electrons. The van der Waals surface area contributed by atoms with Crippen molar-refractivity contribution in [2.75, 3.05) is 36.8 Å². The van der Waals surface area contributed by atoms with Gasteiger partial charge in [-0.25, -0.2) is 9.78 Å². The molecule has 2 aromatic rings. The number of rotatable bonds is 10. The molecule has 2 N–H and O–H groups in total. The van der Waals surface area contributed by atoms with Crippen molar-refractivity contribution < 1.29 is 19.1 Å². The first kappa shape index (κ1) is 25.6. The third kappa shape index (κ3) is 7.49. The Hall–Kier alpha value is -2.49. The highest BCUT2D eigenvalue weighted by molar-refractivity contribution is 7.13. The lowest BCUT2D eigenvalue weighted by Crippen LogP contribution is -2.52. The Morgan fingerprint density at radius 3 is 2.51 bits per heavy atom. The molecular weight excluding hydrogens is 464 g/mol. The van der Waals surface area contributed by atoms with Crippen LogP contribution in [0.25, 0.3) is 0 Å². The molecule has 0 unspecified atom stereocenters. The number of aldehydes is 1. The normalized spacial score (nSPS) is 19.1. The summed E-state index contributed by atoms with van der Waals surface area (Å²) in [6.07, 6.45) is 4.68. The molecule has 1 aromatic carbocycles. The molecule has 1 saturated carbocycles. The smallest absolute Gasteiger partial charge is 0.413 e. The van der Waals surface area contributed by atoms with Crippen molar-refractivity contribution in [3.05, 3.63) is 41.4 Å².